The van der Waals surface area contributed by atoms with Crippen molar-refractivity contribution in [2.45, 2.75) is 19.8 Å². The first-order valence-corrected chi connectivity index (χ1v) is 6.60. The molecule has 0 aliphatic rings. The van der Waals surface area contributed by atoms with Crippen LogP contribution < -0.4 is 0 Å². The summed E-state index contributed by atoms with van der Waals surface area (Å²) >= 11 is 5.33. The topological polar surface area (TPSA) is 46.5 Å². The van der Waals surface area contributed by atoms with E-state index in [4.69, 9.17) is 12.2 Å². The Morgan fingerprint density at radius 1 is 1.26 bits per heavy atom. The minimum Gasteiger partial charge on any atom is -0.272 e. The largest absolute Gasteiger partial charge is 0.272 e. The van der Waals surface area contributed by atoms with Crippen LogP contribution in [0.5, 0.6) is 0 Å². The SMILES string of the molecule is CC(C)c1n[nH]c(=S)n1-c1ccc2ncccc2c1. The third-order valence-electron chi connectivity index (χ3n) is 3.06. The van der Waals surface area contributed by atoms with Crippen molar-refractivity contribution < 1.29 is 0 Å². The fourth-order valence-corrected chi connectivity index (χ4v) is 2.39. The molecule has 0 atom stereocenters. The van der Waals surface area contributed by atoms with E-state index in [9.17, 15) is 0 Å². The lowest BCUT2D eigenvalue weighted by Gasteiger charge is -2.09. The summed E-state index contributed by atoms with van der Waals surface area (Å²) in [6.45, 7) is 4.20. The Labute approximate surface area is 116 Å². The predicted octanol–water partition coefficient (Wildman–Crippen LogP) is 3.60. The second-order valence-corrected chi connectivity index (χ2v) is 5.14. The van der Waals surface area contributed by atoms with Gasteiger partial charge in [0.2, 0.25) is 0 Å². The zero-order chi connectivity index (χ0) is 13.4. The molecule has 0 spiro atoms. The highest BCUT2D eigenvalue weighted by atomic mass is 32.1. The van der Waals surface area contributed by atoms with E-state index >= 15 is 0 Å². The number of nitrogens with zero attached hydrogens (tertiary/aromatic N) is 3. The van der Waals surface area contributed by atoms with Crippen LogP contribution in [0.2, 0.25) is 0 Å². The van der Waals surface area contributed by atoms with Crippen molar-refractivity contribution in [3.8, 4) is 5.69 Å². The number of fused-ring (bicyclic) bond motifs is 1. The molecule has 19 heavy (non-hydrogen) atoms. The van der Waals surface area contributed by atoms with Crippen molar-refractivity contribution in [1.82, 2.24) is 19.7 Å². The molecule has 0 saturated carbocycles. The van der Waals surface area contributed by atoms with Crippen molar-refractivity contribution in [2.24, 2.45) is 0 Å². The maximum atomic E-state index is 5.33. The number of hydrogen-bond acceptors (Lipinski definition) is 3. The van der Waals surface area contributed by atoms with Crippen LogP contribution >= 0.6 is 12.2 Å². The average Bonchev–Trinajstić information content (AvgIpc) is 2.80. The lowest BCUT2D eigenvalue weighted by molar-refractivity contribution is 0.744. The minimum absolute atomic E-state index is 0.303. The van der Waals surface area contributed by atoms with E-state index < -0.39 is 0 Å². The highest BCUT2D eigenvalue weighted by Gasteiger charge is 2.11. The van der Waals surface area contributed by atoms with Gasteiger partial charge in [0.15, 0.2) is 4.77 Å². The highest BCUT2D eigenvalue weighted by molar-refractivity contribution is 7.71. The first kappa shape index (κ1) is 12.0. The van der Waals surface area contributed by atoms with E-state index in [0.29, 0.717) is 10.7 Å². The van der Waals surface area contributed by atoms with Gasteiger partial charge in [-0.3, -0.25) is 14.6 Å². The van der Waals surface area contributed by atoms with Crippen molar-refractivity contribution in [3.63, 3.8) is 0 Å². The van der Waals surface area contributed by atoms with E-state index in [1.54, 1.807) is 6.20 Å². The van der Waals surface area contributed by atoms with E-state index in [1.165, 1.54) is 0 Å². The minimum atomic E-state index is 0.303. The molecule has 0 amide bonds. The van der Waals surface area contributed by atoms with Crippen molar-refractivity contribution in [1.29, 1.82) is 0 Å². The first-order valence-electron chi connectivity index (χ1n) is 6.19. The fourth-order valence-electron chi connectivity index (χ4n) is 2.15. The fraction of sp³-hybridized carbons (Fsp3) is 0.214. The van der Waals surface area contributed by atoms with Crippen LogP contribution in [-0.2, 0) is 0 Å². The number of aromatic nitrogens is 4. The smallest absolute Gasteiger partial charge is 0.199 e. The highest BCUT2D eigenvalue weighted by Crippen LogP contribution is 2.21. The molecule has 0 radical (unpaired) electrons. The monoisotopic (exact) mass is 270 g/mol. The number of nitrogens with one attached hydrogen (secondary N) is 1. The summed E-state index contributed by atoms with van der Waals surface area (Å²) in [6, 6.07) is 10.1. The van der Waals surface area contributed by atoms with Gasteiger partial charge in [0.25, 0.3) is 0 Å². The number of H-pyrrole nitrogens is 1. The Kier molecular flexibility index (Phi) is 2.91. The molecule has 0 unspecified atom stereocenters. The molecule has 96 valence electrons. The lowest BCUT2D eigenvalue weighted by Crippen LogP contribution is -2.03. The molecule has 3 rings (SSSR count). The number of aromatic amines is 1. The van der Waals surface area contributed by atoms with E-state index in [-0.39, 0.29) is 0 Å². The summed E-state index contributed by atoms with van der Waals surface area (Å²) in [6.07, 6.45) is 1.80. The molecule has 4 nitrogen and oxygen atoms in total. The summed E-state index contributed by atoms with van der Waals surface area (Å²) < 4.78 is 2.60. The summed E-state index contributed by atoms with van der Waals surface area (Å²) in [5.41, 5.74) is 2.00. The van der Waals surface area contributed by atoms with Crippen LogP contribution in [0.1, 0.15) is 25.6 Å². The molecule has 0 aliphatic heterocycles. The molecule has 0 fully saturated rings. The van der Waals surface area contributed by atoms with Gasteiger partial charge in [0.1, 0.15) is 5.82 Å². The van der Waals surface area contributed by atoms with E-state index in [0.717, 1.165) is 22.4 Å². The second-order valence-electron chi connectivity index (χ2n) is 4.76. The third kappa shape index (κ3) is 2.06. The molecule has 1 aromatic carbocycles. The van der Waals surface area contributed by atoms with Gasteiger partial charge in [0.05, 0.1) is 11.2 Å². The third-order valence-corrected chi connectivity index (χ3v) is 3.33. The van der Waals surface area contributed by atoms with Crippen LogP contribution in [0, 0.1) is 4.77 Å². The number of rotatable bonds is 2. The van der Waals surface area contributed by atoms with Gasteiger partial charge in [-0.25, -0.2) is 0 Å². The zero-order valence-corrected chi connectivity index (χ0v) is 11.6. The van der Waals surface area contributed by atoms with Gasteiger partial charge < -0.3 is 0 Å². The van der Waals surface area contributed by atoms with Crippen LogP contribution in [0.4, 0.5) is 0 Å². The van der Waals surface area contributed by atoms with Crippen molar-refractivity contribution in [2.75, 3.05) is 0 Å². The maximum Gasteiger partial charge on any atom is 0.199 e. The Balaban J connectivity index is 2.24. The number of benzene rings is 1. The summed E-state index contributed by atoms with van der Waals surface area (Å²) in [5, 5.41) is 8.26. The molecular formula is C14H14N4S. The summed E-state index contributed by atoms with van der Waals surface area (Å²) in [5.74, 6) is 1.24. The molecule has 0 saturated heterocycles. The molecule has 0 bridgehead atoms. The molecule has 0 aliphatic carbocycles. The van der Waals surface area contributed by atoms with Crippen LogP contribution in [0.25, 0.3) is 16.6 Å². The number of hydrogen-bond donors (Lipinski definition) is 1. The lowest BCUT2D eigenvalue weighted by atomic mass is 10.1. The second kappa shape index (κ2) is 4.59. The summed E-state index contributed by atoms with van der Waals surface area (Å²) in [7, 11) is 0. The molecule has 3 aromatic rings. The normalized spacial score (nSPS) is 11.3. The molecular weight excluding hydrogens is 256 g/mol. The maximum absolute atomic E-state index is 5.33. The van der Waals surface area contributed by atoms with Crippen LogP contribution in [0.3, 0.4) is 0 Å². The predicted molar refractivity (Wildman–Crippen MR) is 78.1 cm³/mol. The zero-order valence-electron chi connectivity index (χ0n) is 10.8. The molecule has 2 aromatic heterocycles. The molecule has 2 heterocycles. The quantitative estimate of drug-likeness (QED) is 0.724. The summed E-state index contributed by atoms with van der Waals surface area (Å²) in [4.78, 5) is 4.32. The van der Waals surface area contributed by atoms with Crippen LogP contribution in [0.15, 0.2) is 36.5 Å². The van der Waals surface area contributed by atoms with E-state index in [1.807, 2.05) is 28.8 Å². The Morgan fingerprint density at radius 2 is 2.11 bits per heavy atom. The van der Waals surface area contributed by atoms with Crippen LogP contribution in [-0.4, -0.2) is 19.7 Å². The Hall–Kier alpha value is -2.01. The van der Waals surface area contributed by atoms with Crippen molar-refractivity contribution in [3.05, 3.63) is 47.1 Å². The number of pyridine rings is 1. The Bertz CT molecular complexity index is 785. The Morgan fingerprint density at radius 3 is 2.89 bits per heavy atom. The molecule has 1 N–H and O–H groups in total. The van der Waals surface area contributed by atoms with Gasteiger partial charge in [-0.15, -0.1) is 0 Å². The van der Waals surface area contributed by atoms with Gasteiger partial charge >= 0.3 is 0 Å². The molecule has 5 heteroatoms. The van der Waals surface area contributed by atoms with Gasteiger partial charge in [-0.2, -0.15) is 5.10 Å². The van der Waals surface area contributed by atoms with Crippen molar-refractivity contribution >= 4 is 23.1 Å². The van der Waals surface area contributed by atoms with Gasteiger partial charge in [-0.05, 0) is 36.5 Å². The van der Waals surface area contributed by atoms with Gasteiger partial charge in [-0.1, -0.05) is 19.9 Å². The standard InChI is InChI=1S/C14H14N4S/c1-9(2)13-16-17-14(19)18(13)11-5-6-12-10(8-11)4-3-7-15-12/h3-9H,1-2H3,(H,17,19). The van der Waals surface area contributed by atoms with E-state index in [2.05, 4.69) is 35.1 Å². The van der Waals surface area contributed by atoms with Gasteiger partial charge in [0, 0.05) is 17.5 Å². The first-order chi connectivity index (χ1) is 9.16. The average molecular weight is 270 g/mol.